The van der Waals surface area contributed by atoms with Gasteiger partial charge in [0.1, 0.15) is 0 Å². The lowest BCUT2D eigenvalue weighted by Gasteiger charge is -2.27. The summed E-state index contributed by atoms with van der Waals surface area (Å²) < 4.78 is 0. The van der Waals surface area contributed by atoms with Crippen LogP contribution in [-0.4, -0.2) is 11.9 Å². The number of anilines is 1. The molecule has 2 bridgehead atoms. The highest BCUT2D eigenvalue weighted by Crippen LogP contribution is 2.47. The van der Waals surface area contributed by atoms with Crippen LogP contribution in [0.5, 0.6) is 0 Å². The molecule has 2 fully saturated rings. The number of hydrogen-bond acceptors (Lipinski definition) is 2. The summed E-state index contributed by atoms with van der Waals surface area (Å²) in [6.45, 7) is 2.20. The Kier molecular flexibility index (Phi) is 4.29. The molecule has 3 nitrogen and oxygen atoms in total. The van der Waals surface area contributed by atoms with Gasteiger partial charge in [0.25, 0.3) is 0 Å². The van der Waals surface area contributed by atoms with Gasteiger partial charge in [-0.15, -0.1) is 0 Å². The van der Waals surface area contributed by atoms with Crippen LogP contribution in [0.25, 0.3) is 0 Å². The fraction of sp³-hybridized carbons (Fsp3) is 0.611. The predicted molar refractivity (Wildman–Crippen MR) is 86.0 cm³/mol. The van der Waals surface area contributed by atoms with Gasteiger partial charge >= 0.3 is 0 Å². The molecule has 2 aliphatic carbocycles. The number of carbonyl (C=O) groups excluding carboxylic acids is 1. The molecule has 1 aromatic rings. The van der Waals surface area contributed by atoms with Gasteiger partial charge < -0.3 is 11.1 Å². The van der Waals surface area contributed by atoms with E-state index in [1.807, 2.05) is 12.1 Å². The van der Waals surface area contributed by atoms with Crippen LogP contribution in [0.1, 0.15) is 44.6 Å². The Morgan fingerprint density at radius 3 is 2.57 bits per heavy atom. The Morgan fingerprint density at radius 1 is 1.24 bits per heavy atom. The van der Waals surface area contributed by atoms with Gasteiger partial charge in [-0.3, -0.25) is 4.79 Å². The average molecular weight is 286 g/mol. The summed E-state index contributed by atoms with van der Waals surface area (Å²) in [6.07, 6.45) is 7.07. The highest BCUT2D eigenvalue weighted by Gasteiger charge is 2.49. The number of amides is 1. The molecule has 3 rings (SSSR count). The van der Waals surface area contributed by atoms with Crippen LogP contribution in [0, 0.1) is 17.8 Å². The van der Waals surface area contributed by atoms with Crippen molar-refractivity contribution in [2.75, 3.05) is 5.32 Å². The molecule has 0 aliphatic heterocycles. The van der Waals surface area contributed by atoms with E-state index in [1.165, 1.54) is 31.2 Å². The Balaban J connectivity index is 1.60. The molecule has 3 N–H and O–H groups in total. The fourth-order valence-electron chi connectivity index (χ4n) is 4.09. The van der Waals surface area contributed by atoms with Gasteiger partial charge in [-0.25, -0.2) is 0 Å². The van der Waals surface area contributed by atoms with Gasteiger partial charge in [-0.2, -0.15) is 0 Å². The molecule has 0 radical (unpaired) electrons. The SMILES string of the molecule is CCCCc1ccc(NC(=O)C2C3CCC(C3)C2N)cc1. The van der Waals surface area contributed by atoms with Gasteiger partial charge in [-0.1, -0.05) is 25.5 Å². The number of rotatable bonds is 5. The lowest BCUT2D eigenvalue weighted by atomic mass is 9.84. The maximum Gasteiger partial charge on any atom is 0.229 e. The van der Waals surface area contributed by atoms with E-state index < -0.39 is 0 Å². The fourth-order valence-corrected chi connectivity index (χ4v) is 4.09. The van der Waals surface area contributed by atoms with Gasteiger partial charge in [0.15, 0.2) is 0 Å². The number of unbranched alkanes of at least 4 members (excludes halogenated alkanes) is 1. The van der Waals surface area contributed by atoms with Crippen molar-refractivity contribution in [2.45, 2.75) is 51.5 Å². The highest BCUT2D eigenvalue weighted by atomic mass is 16.2. The number of benzene rings is 1. The Hall–Kier alpha value is -1.35. The minimum atomic E-state index is 0.0171. The largest absolute Gasteiger partial charge is 0.327 e. The zero-order chi connectivity index (χ0) is 14.8. The van der Waals surface area contributed by atoms with E-state index in [4.69, 9.17) is 5.73 Å². The number of aryl methyl sites for hydroxylation is 1. The van der Waals surface area contributed by atoms with Crippen molar-refractivity contribution in [3.8, 4) is 0 Å². The van der Waals surface area contributed by atoms with Crippen molar-refractivity contribution in [3.05, 3.63) is 29.8 Å². The third-order valence-electron chi connectivity index (χ3n) is 5.32. The molecule has 1 amide bonds. The summed E-state index contributed by atoms with van der Waals surface area (Å²) in [6, 6.07) is 8.33. The first-order valence-electron chi connectivity index (χ1n) is 8.34. The Bertz CT molecular complexity index is 494. The molecule has 0 spiro atoms. The summed E-state index contributed by atoms with van der Waals surface area (Å²) >= 11 is 0. The normalized spacial score (nSPS) is 30.6. The van der Waals surface area contributed by atoms with E-state index in [-0.39, 0.29) is 17.9 Å². The summed E-state index contributed by atoms with van der Waals surface area (Å²) in [5.41, 5.74) is 8.47. The molecule has 114 valence electrons. The van der Waals surface area contributed by atoms with Crippen molar-refractivity contribution in [3.63, 3.8) is 0 Å². The zero-order valence-corrected chi connectivity index (χ0v) is 12.8. The van der Waals surface area contributed by atoms with Crippen LogP contribution >= 0.6 is 0 Å². The molecule has 1 aromatic carbocycles. The minimum Gasteiger partial charge on any atom is -0.327 e. The summed E-state index contributed by atoms with van der Waals surface area (Å²) in [5.74, 6) is 1.22. The second kappa shape index (κ2) is 6.18. The monoisotopic (exact) mass is 286 g/mol. The molecule has 0 aromatic heterocycles. The van der Waals surface area contributed by atoms with E-state index in [0.29, 0.717) is 11.8 Å². The molecule has 4 atom stereocenters. The molecule has 0 heterocycles. The summed E-state index contributed by atoms with van der Waals surface area (Å²) in [5, 5.41) is 3.06. The van der Waals surface area contributed by atoms with Gasteiger partial charge in [0.2, 0.25) is 5.91 Å². The lowest BCUT2D eigenvalue weighted by molar-refractivity contribution is -0.121. The van der Waals surface area contributed by atoms with Crippen molar-refractivity contribution in [1.29, 1.82) is 0 Å². The first-order valence-corrected chi connectivity index (χ1v) is 8.34. The maximum atomic E-state index is 12.5. The van der Waals surface area contributed by atoms with Crippen LogP contribution in [0.15, 0.2) is 24.3 Å². The molecule has 3 heteroatoms. The molecular formula is C18H26N2O. The first-order chi connectivity index (χ1) is 10.2. The van der Waals surface area contributed by atoms with Gasteiger partial charge in [-0.05, 0) is 61.6 Å². The second-order valence-electron chi connectivity index (χ2n) is 6.73. The quantitative estimate of drug-likeness (QED) is 0.872. The summed E-state index contributed by atoms with van der Waals surface area (Å²) in [4.78, 5) is 12.5. The predicted octanol–water partition coefficient (Wildman–Crippen LogP) is 3.34. The van der Waals surface area contributed by atoms with Crippen LogP contribution < -0.4 is 11.1 Å². The zero-order valence-electron chi connectivity index (χ0n) is 12.8. The molecule has 2 saturated carbocycles. The molecule has 0 saturated heterocycles. The molecule has 21 heavy (non-hydrogen) atoms. The van der Waals surface area contributed by atoms with E-state index in [0.717, 1.165) is 18.5 Å². The van der Waals surface area contributed by atoms with Crippen molar-refractivity contribution < 1.29 is 4.79 Å². The van der Waals surface area contributed by atoms with Crippen LogP contribution in [0.4, 0.5) is 5.69 Å². The molecule has 2 aliphatic rings. The van der Waals surface area contributed by atoms with E-state index in [9.17, 15) is 4.79 Å². The second-order valence-corrected chi connectivity index (χ2v) is 6.73. The molecular weight excluding hydrogens is 260 g/mol. The van der Waals surface area contributed by atoms with Gasteiger partial charge in [0.05, 0.1) is 5.92 Å². The van der Waals surface area contributed by atoms with Crippen LogP contribution in [-0.2, 0) is 11.2 Å². The van der Waals surface area contributed by atoms with E-state index in [1.54, 1.807) is 0 Å². The lowest BCUT2D eigenvalue weighted by Crippen LogP contribution is -2.42. The standard InChI is InChI=1S/C18H26N2O/c1-2-3-4-12-5-9-15(10-6-12)20-18(21)16-13-7-8-14(11-13)17(16)19/h5-6,9-10,13-14,16-17H,2-4,7-8,11,19H2,1H3,(H,20,21). The smallest absolute Gasteiger partial charge is 0.229 e. The average Bonchev–Trinajstić information content (AvgIpc) is 3.07. The number of fused-ring (bicyclic) bond motifs is 2. The maximum absolute atomic E-state index is 12.5. The number of nitrogens with one attached hydrogen (secondary N) is 1. The Morgan fingerprint density at radius 2 is 1.95 bits per heavy atom. The Labute approximate surface area is 127 Å². The van der Waals surface area contributed by atoms with Crippen molar-refractivity contribution in [1.82, 2.24) is 0 Å². The van der Waals surface area contributed by atoms with Crippen LogP contribution in [0.3, 0.4) is 0 Å². The number of carbonyl (C=O) groups is 1. The van der Waals surface area contributed by atoms with Crippen molar-refractivity contribution >= 4 is 11.6 Å². The first kappa shape index (κ1) is 14.6. The van der Waals surface area contributed by atoms with E-state index in [2.05, 4.69) is 24.4 Å². The van der Waals surface area contributed by atoms with Crippen LogP contribution in [0.2, 0.25) is 0 Å². The third kappa shape index (κ3) is 2.98. The summed E-state index contributed by atoms with van der Waals surface area (Å²) in [7, 11) is 0. The minimum absolute atomic E-state index is 0.0171. The highest BCUT2D eigenvalue weighted by molar-refractivity contribution is 5.93. The molecule has 4 unspecified atom stereocenters. The van der Waals surface area contributed by atoms with E-state index >= 15 is 0 Å². The number of nitrogens with two attached hydrogens (primary N) is 1. The number of hydrogen-bond donors (Lipinski definition) is 2. The third-order valence-corrected chi connectivity index (χ3v) is 5.32. The topological polar surface area (TPSA) is 55.1 Å². The van der Waals surface area contributed by atoms with Gasteiger partial charge in [0, 0.05) is 11.7 Å². The van der Waals surface area contributed by atoms with Crippen molar-refractivity contribution in [2.24, 2.45) is 23.5 Å².